The van der Waals surface area contributed by atoms with Crippen LogP contribution in [0.4, 0.5) is 5.69 Å². The van der Waals surface area contributed by atoms with Gasteiger partial charge in [-0.3, -0.25) is 19.0 Å². The van der Waals surface area contributed by atoms with Gasteiger partial charge < -0.3 is 15.3 Å². The minimum absolute atomic E-state index is 0.0710. The van der Waals surface area contributed by atoms with Crippen LogP contribution in [0.15, 0.2) is 78.0 Å². The molecule has 3 heterocycles. The fourth-order valence-corrected chi connectivity index (χ4v) is 4.80. The maximum absolute atomic E-state index is 13.2. The lowest BCUT2D eigenvalue weighted by molar-refractivity contribution is -0.123. The van der Waals surface area contributed by atoms with Gasteiger partial charge in [0.25, 0.3) is 11.5 Å². The molecule has 1 saturated heterocycles. The third-order valence-corrected chi connectivity index (χ3v) is 7.27. The van der Waals surface area contributed by atoms with Crippen LogP contribution in [0.2, 0.25) is 0 Å². The van der Waals surface area contributed by atoms with Gasteiger partial charge in [-0.2, -0.15) is 5.10 Å². The van der Waals surface area contributed by atoms with Crippen LogP contribution in [-0.2, 0) is 11.3 Å². The van der Waals surface area contributed by atoms with E-state index >= 15 is 0 Å². The molecule has 2 aromatic heterocycles. The van der Waals surface area contributed by atoms with Crippen molar-refractivity contribution in [2.75, 3.05) is 18.4 Å². The second-order valence-electron chi connectivity index (χ2n) is 11.2. The van der Waals surface area contributed by atoms with E-state index in [0.29, 0.717) is 37.0 Å². The first kappa shape index (κ1) is 26.4. The minimum Gasteiger partial charge on any atom is -0.388 e. The quantitative estimate of drug-likeness (QED) is 0.410. The summed E-state index contributed by atoms with van der Waals surface area (Å²) in [4.78, 5) is 40.2. The molecule has 2 N–H and O–H groups in total. The summed E-state index contributed by atoms with van der Waals surface area (Å²) in [5.41, 5.74) is 1.67. The molecule has 4 aromatic rings. The highest BCUT2D eigenvalue weighted by atomic mass is 16.3. The highest BCUT2D eigenvalue weighted by molar-refractivity contribution is 5.99. The zero-order chi connectivity index (χ0) is 27.8. The highest BCUT2D eigenvalue weighted by Gasteiger charge is 2.35. The van der Waals surface area contributed by atoms with E-state index in [4.69, 9.17) is 0 Å². The molecule has 5 rings (SSSR count). The zero-order valence-electron chi connectivity index (χ0n) is 22.4. The van der Waals surface area contributed by atoms with Crippen molar-refractivity contribution < 1.29 is 14.7 Å². The second kappa shape index (κ2) is 10.1. The predicted molar refractivity (Wildman–Crippen MR) is 150 cm³/mol. The molecule has 2 aromatic carbocycles. The average molecular weight is 528 g/mol. The van der Waals surface area contributed by atoms with Crippen LogP contribution < -0.4 is 10.9 Å². The summed E-state index contributed by atoms with van der Waals surface area (Å²) in [7, 11) is 0. The smallest absolute Gasteiger partial charge is 0.277 e. The molecule has 9 heteroatoms. The summed E-state index contributed by atoms with van der Waals surface area (Å²) in [6.45, 7) is 6.50. The predicted octanol–water partition coefficient (Wildman–Crippen LogP) is 3.81. The number of rotatable bonds is 5. The Morgan fingerprint density at radius 1 is 1.00 bits per heavy atom. The highest BCUT2D eigenvalue weighted by Crippen LogP contribution is 2.30. The van der Waals surface area contributed by atoms with Gasteiger partial charge in [-0.05, 0) is 48.7 Å². The lowest BCUT2D eigenvalue weighted by atomic mass is 9.90. The maximum Gasteiger partial charge on any atom is 0.277 e. The summed E-state index contributed by atoms with van der Waals surface area (Å²) in [5.74, 6) is -0.176. The number of hydrogen-bond donors (Lipinski definition) is 2. The van der Waals surface area contributed by atoms with Gasteiger partial charge in [0.1, 0.15) is 11.8 Å². The van der Waals surface area contributed by atoms with Crippen LogP contribution in [0.3, 0.4) is 0 Å². The van der Waals surface area contributed by atoms with Gasteiger partial charge in [0.05, 0.1) is 12.1 Å². The monoisotopic (exact) mass is 527 g/mol. The number of benzene rings is 2. The number of likely N-dealkylation sites (tertiary alicyclic amines) is 1. The number of anilines is 1. The molecule has 0 spiro atoms. The molecular formula is C30H33N5O4. The number of amides is 2. The lowest BCUT2D eigenvalue weighted by Gasteiger charge is -2.38. The maximum atomic E-state index is 13.2. The average Bonchev–Trinajstić information content (AvgIpc) is 3.40. The van der Waals surface area contributed by atoms with Crippen LogP contribution in [-0.4, -0.2) is 54.7 Å². The Morgan fingerprint density at radius 3 is 2.38 bits per heavy atom. The zero-order valence-corrected chi connectivity index (χ0v) is 22.4. The van der Waals surface area contributed by atoms with E-state index < -0.39 is 11.0 Å². The number of nitrogens with one attached hydrogen (secondary N) is 1. The molecule has 0 unspecified atom stereocenters. The fraction of sp³-hybridized carbons (Fsp3) is 0.333. The second-order valence-corrected chi connectivity index (χ2v) is 11.2. The van der Waals surface area contributed by atoms with Gasteiger partial charge in [0, 0.05) is 41.5 Å². The van der Waals surface area contributed by atoms with Gasteiger partial charge in [-0.25, -0.2) is 4.52 Å². The normalized spacial score (nSPS) is 15.3. The number of hydrogen-bond acceptors (Lipinski definition) is 5. The molecule has 0 aliphatic carbocycles. The van der Waals surface area contributed by atoms with Crippen molar-refractivity contribution in [3.63, 3.8) is 0 Å². The number of nitrogens with zero attached hydrogens (tertiary/aromatic N) is 4. The third-order valence-electron chi connectivity index (χ3n) is 7.27. The topological polar surface area (TPSA) is 109 Å². The number of aliphatic hydroxyl groups is 1. The van der Waals surface area contributed by atoms with Crippen molar-refractivity contribution in [1.82, 2.24) is 19.1 Å². The SMILES string of the molecule is CC(C)(C)C(=O)Nc1ccccc1-c1ccc(C(=O)N2CCC(O)(Cn3cnn4cccc4c3=O)CC2)cc1. The molecule has 1 aliphatic heterocycles. The van der Waals surface area contributed by atoms with Crippen molar-refractivity contribution in [1.29, 1.82) is 0 Å². The number of para-hydroxylation sites is 1. The molecule has 1 fully saturated rings. The van der Waals surface area contributed by atoms with Gasteiger partial charge in [-0.1, -0.05) is 51.1 Å². The van der Waals surface area contributed by atoms with E-state index in [0.717, 1.165) is 16.8 Å². The molecule has 0 atom stereocenters. The Morgan fingerprint density at radius 2 is 1.69 bits per heavy atom. The Bertz CT molecular complexity index is 1570. The van der Waals surface area contributed by atoms with Gasteiger partial charge >= 0.3 is 0 Å². The summed E-state index contributed by atoms with van der Waals surface area (Å²) < 4.78 is 2.95. The van der Waals surface area contributed by atoms with Crippen LogP contribution in [0, 0.1) is 5.41 Å². The number of fused-ring (bicyclic) bond motifs is 1. The fourth-order valence-electron chi connectivity index (χ4n) is 4.80. The largest absolute Gasteiger partial charge is 0.388 e. The van der Waals surface area contributed by atoms with Crippen molar-refractivity contribution in [2.24, 2.45) is 5.41 Å². The first-order valence-electron chi connectivity index (χ1n) is 13.1. The molecule has 0 bridgehead atoms. The first-order chi connectivity index (χ1) is 18.5. The molecular weight excluding hydrogens is 494 g/mol. The van der Waals surface area contributed by atoms with E-state index in [9.17, 15) is 19.5 Å². The molecule has 0 saturated carbocycles. The Labute approximate surface area is 226 Å². The molecule has 39 heavy (non-hydrogen) atoms. The van der Waals surface area contributed by atoms with Crippen LogP contribution >= 0.6 is 0 Å². The number of piperidine rings is 1. The van der Waals surface area contributed by atoms with Gasteiger partial charge in [0.15, 0.2) is 0 Å². The molecule has 0 radical (unpaired) electrons. The minimum atomic E-state index is -1.10. The Kier molecular flexibility index (Phi) is 6.86. The van der Waals surface area contributed by atoms with Crippen molar-refractivity contribution in [3.05, 3.63) is 89.1 Å². The van der Waals surface area contributed by atoms with E-state index in [1.165, 1.54) is 15.4 Å². The Balaban J connectivity index is 1.25. The third kappa shape index (κ3) is 5.49. The van der Waals surface area contributed by atoms with Crippen molar-refractivity contribution >= 4 is 23.0 Å². The number of aromatic nitrogens is 3. The van der Waals surface area contributed by atoms with Gasteiger partial charge in [-0.15, -0.1) is 0 Å². The van der Waals surface area contributed by atoms with E-state index in [2.05, 4.69) is 10.4 Å². The molecule has 1 aliphatic rings. The van der Waals surface area contributed by atoms with E-state index in [1.54, 1.807) is 35.4 Å². The standard InChI is InChI=1S/C30H33N5O4/c1-29(2,3)28(38)32-24-8-5-4-7-23(24)21-10-12-22(13-11-21)26(36)33-17-14-30(39,15-18-33)19-34-20-31-35-16-6-9-25(35)27(34)37/h4-13,16,20,39H,14-15,17-19H2,1-3H3,(H,32,38). The summed E-state index contributed by atoms with van der Waals surface area (Å²) in [6, 6.07) is 18.4. The number of carbonyl (C=O) groups excluding carboxylic acids is 2. The van der Waals surface area contributed by atoms with Crippen LogP contribution in [0.5, 0.6) is 0 Å². The Hall–Kier alpha value is -4.24. The van der Waals surface area contributed by atoms with Crippen molar-refractivity contribution in [2.45, 2.75) is 45.8 Å². The molecule has 202 valence electrons. The molecule has 2 amide bonds. The lowest BCUT2D eigenvalue weighted by Crippen LogP contribution is -2.49. The summed E-state index contributed by atoms with van der Waals surface area (Å²) in [6.07, 6.45) is 3.86. The van der Waals surface area contributed by atoms with E-state index in [1.807, 2.05) is 57.2 Å². The first-order valence-corrected chi connectivity index (χ1v) is 13.1. The van der Waals surface area contributed by atoms with Crippen LogP contribution in [0.25, 0.3) is 16.6 Å². The van der Waals surface area contributed by atoms with E-state index in [-0.39, 0.29) is 23.9 Å². The van der Waals surface area contributed by atoms with Crippen LogP contribution in [0.1, 0.15) is 44.0 Å². The molecule has 9 nitrogen and oxygen atoms in total. The summed E-state index contributed by atoms with van der Waals surface area (Å²) >= 11 is 0. The number of carbonyl (C=O) groups is 2. The summed E-state index contributed by atoms with van der Waals surface area (Å²) in [5, 5.41) is 18.4. The van der Waals surface area contributed by atoms with Gasteiger partial charge in [0.2, 0.25) is 5.91 Å². The van der Waals surface area contributed by atoms with Crippen molar-refractivity contribution in [3.8, 4) is 11.1 Å².